The van der Waals surface area contributed by atoms with Crippen molar-refractivity contribution in [2.24, 2.45) is 23.7 Å². The van der Waals surface area contributed by atoms with Gasteiger partial charge in [-0.1, -0.05) is 55.6 Å². The molecule has 4 rings (SSSR count). The minimum Gasteiger partial charge on any atom is -0.455 e. The number of hydrogen-bond acceptors (Lipinski definition) is 6. The highest BCUT2D eigenvalue weighted by Gasteiger charge is 2.66. The molecule has 176 valence electrons. The number of carbonyl (C=O) groups excluding carboxylic acids is 5. The molecule has 6 atom stereocenters. The SMILES string of the molecule is O=C(COC(=O)CCN1C(=O)[C@@H]2[C@H]3C[C@@H]([C@@H](Br)[C@H]3Br)[C@H]2C1=O)NNC(=O)c1ccccc1Cl. The van der Waals surface area contributed by atoms with E-state index in [1.165, 1.54) is 12.1 Å². The van der Waals surface area contributed by atoms with Gasteiger partial charge >= 0.3 is 5.97 Å². The summed E-state index contributed by atoms with van der Waals surface area (Å²) >= 11 is 13.2. The molecule has 3 fully saturated rings. The number of hydrogen-bond donors (Lipinski definition) is 2. The van der Waals surface area contributed by atoms with Crippen LogP contribution in [0, 0.1) is 23.7 Å². The summed E-state index contributed by atoms with van der Waals surface area (Å²) in [5.41, 5.74) is 4.47. The summed E-state index contributed by atoms with van der Waals surface area (Å²) in [6.45, 7) is -0.719. The number of fused-ring (bicyclic) bond motifs is 5. The van der Waals surface area contributed by atoms with Gasteiger partial charge in [0.05, 0.1) is 28.8 Å². The number of ether oxygens (including phenoxy) is 1. The molecule has 2 N–H and O–H groups in total. The molecule has 0 aromatic heterocycles. The van der Waals surface area contributed by atoms with Crippen LogP contribution in [0.25, 0.3) is 0 Å². The molecule has 2 saturated carbocycles. The fraction of sp³-hybridized carbons (Fsp3) is 0.476. The van der Waals surface area contributed by atoms with Crippen LogP contribution in [0.15, 0.2) is 24.3 Å². The Morgan fingerprint density at radius 1 is 1.03 bits per heavy atom. The molecule has 9 nitrogen and oxygen atoms in total. The summed E-state index contributed by atoms with van der Waals surface area (Å²) in [5, 5.41) is 0.220. The number of esters is 1. The minimum absolute atomic E-state index is 0.0896. The number of rotatable bonds is 6. The molecule has 1 aromatic rings. The maximum Gasteiger partial charge on any atom is 0.308 e. The number of nitrogens with zero attached hydrogens (tertiary/aromatic N) is 1. The summed E-state index contributed by atoms with van der Waals surface area (Å²) < 4.78 is 4.89. The Morgan fingerprint density at radius 2 is 1.64 bits per heavy atom. The van der Waals surface area contributed by atoms with E-state index in [1.54, 1.807) is 12.1 Å². The highest BCUT2D eigenvalue weighted by Crippen LogP contribution is 2.60. The molecule has 0 spiro atoms. The molecule has 1 aliphatic heterocycles. The van der Waals surface area contributed by atoms with Gasteiger partial charge in [-0.2, -0.15) is 0 Å². The first-order valence-corrected chi connectivity index (χ1v) is 12.5. The fourth-order valence-corrected chi connectivity index (χ4v) is 7.02. The van der Waals surface area contributed by atoms with Crippen LogP contribution in [0.3, 0.4) is 0 Å². The Bertz CT molecular complexity index is 991. The lowest BCUT2D eigenvalue weighted by Gasteiger charge is -2.28. The third-order valence-corrected chi connectivity index (χ3v) is 9.95. The molecule has 1 heterocycles. The zero-order chi connectivity index (χ0) is 23.9. The second kappa shape index (κ2) is 9.71. The van der Waals surface area contributed by atoms with Gasteiger partial charge in [0.2, 0.25) is 11.8 Å². The number of imide groups is 1. The molecule has 0 radical (unpaired) electrons. The summed E-state index contributed by atoms with van der Waals surface area (Å²) in [5.74, 6) is -3.08. The molecular weight excluding hydrogens is 586 g/mol. The van der Waals surface area contributed by atoms with E-state index in [2.05, 4.69) is 42.7 Å². The third kappa shape index (κ3) is 4.54. The van der Waals surface area contributed by atoms with Gasteiger partial charge in [0.15, 0.2) is 6.61 Å². The van der Waals surface area contributed by atoms with Gasteiger partial charge in [-0.15, -0.1) is 0 Å². The molecular formula is C21H20Br2ClN3O6. The Hall–Kier alpha value is -1.98. The lowest BCUT2D eigenvalue weighted by Crippen LogP contribution is -2.43. The van der Waals surface area contributed by atoms with Crippen molar-refractivity contribution in [3.8, 4) is 0 Å². The average molecular weight is 606 g/mol. The maximum atomic E-state index is 12.8. The van der Waals surface area contributed by atoms with Crippen molar-refractivity contribution in [2.75, 3.05) is 13.2 Å². The molecule has 4 amide bonds. The Balaban J connectivity index is 1.21. The number of likely N-dealkylation sites (tertiary alicyclic amines) is 1. The van der Waals surface area contributed by atoms with Crippen LogP contribution in [-0.4, -0.2) is 57.3 Å². The second-order valence-electron chi connectivity index (χ2n) is 8.22. The third-order valence-electron chi connectivity index (χ3n) is 6.42. The van der Waals surface area contributed by atoms with Crippen LogP contribution in [0.2, 0.25) is 5.02 Å². The summed E-state index contributed by atoms with van der Waals surface area (Å²) in [4.78, 5) is 62.9. The number of amides is 4. The van der Waals surface area contributed by atoms with Gasteiger partial charge in [0, 0.05) is 16.2 Å². The molecule has 33 heavy (non-hydrogen) atoms. The van der Waals surface area contributed by atoms with Gasteiger partial charge < -0.3 is 4.74 Å². The van der Waals surface area contributed by atoms with Gasteiger partial charge in [0.25, 0.3) is 11.8 Å². The topological polar surface area (TPSA) is 122 Å². The van der Waals surface area contributed by atoms with Gasteiger partial charge in [-0.05, 0) is 30.4 Å². The zero-order valence-corrected chi connectivity index (χ0v) is 21.1. The molecule has 12 heteroatoms. The van der Waals surface area contributed by atoms with Gasteiger partial charge in [-0.25, -0.2) is 0 Å². The number of benzene rings is 1. The van der Waals surface area contributed by atoms with E-state index in [1.807, 2.05) is 0 Å². The maximum absolute atomic E-state index is 12.8. The quantitative estimate of drug-likeness (QED) is 0.221. The van der Waals surface area contributed by atoms with Crippen LogP contribution in [-0.2, 0) is 23.9 Å². The van der Waals surface area contributed by atoms with Crippen LogP contribution in [0.1, 0.15) is 23.2 Å². The smallest absolute Gasteiger partial charge is 0.308 e. The van der Waals surface area contributed by atoms with Crippen LogP contribution < -0.4 is 10.9 Å². The molecule has 2 bridgehead atoms. The zero-order valence-electron chi connectivity index (χ0n) is 17.1. The summed E-state index contributed by atoms with van der Waals surface area (Å²) in [6, 6.07) is 6.30. The van der Waals surface area contributed by atoms with Gasteiger partial charge in [-0.3, -0.25) is 39.7 Å². The van der Waals surface area contributed by atoms with Crippen molar-refractivity contribution in [2.45, 2.75) is 22.5 Å². The van der Waals surface area contributed by atoms with Crippen LogP contribution >= 0.6 is 43.5 Å². The summed E-state index contributed by atoms with van der Waals surface area (Å²) in [7, 11) is 0. The molecule has 1 saturated heterocycles. The van der Waals surface area contributed by atoms with Crippen molar-refractivity contribution in [3.05, 3.63) is 34.9 Å². The second-order valence-corrected chi connectivity index (χ2v) is 10.7. The van der Waals surface area contributed by atoms with Gasteiger partial charge in [0.1, 0.15) is 0 Å². The van der Waals surface area contributed by atoms with Crippen molar-refractivity contribution < 1.29 is 28.7 Å². The van der Waals surface area contributed by atoms with Crippen molar-refractivity contribution >= 4 is 73.1 Å². The van der Waals surface area contributed by atoms with E-state index in [9.17, 15) is 24.0 Å². The lowest BCUT2D eigenvalue weighted by atomic mass is 9.81. The van der Waals surface area contributed by atoms with Crippen LogP contribution in [0.4, 0.5) is 0 Å². The Morgan fingerprint density at radius 3 is 2.24 bits per heavy atom. The number of carbonyl (C=O) groups is 5. The van der Waals surface area contributed by atoms with Crippen LogP contribution in [0.5, 0.6) is 0 Å². The normalized spacial score (nSPS) is 29.7. The first-order valence-electron chi connectivity index (χ1n) is 10.3. The first kappa shape index (κ1) is 24.2. The highest BCUT2D eigenvalue weighted by atomic mass is 79.9. The Kier molecular flexibility index (Phi) is 7.11. The van der Waals surface area contributed by atoms with Crippen molar-refractivity contribution in [1.29, 1.82) is 0 Å². The molecule has 2 aliphatic carbocycles. The Labute approximate surface area is 211 Å². The predicted molar refractivity (Wildman–Crippen MR) is 123 cm³/mol. The molecule has 3 aliphatic rings. The molecule has 0 unspecified atom stereocenters. The molecule has 1 aromatic carbocycles. The number of hydrazine groups is 1. The highest BCUT2D eigenvalue weighted by molar-refractivity contribution is 9.12. The largest absolute Gasteiger partial charge is 0.455 e. The van der Waals surface area contributed by atoms with Crippen molar-refractivity contribution in [1.82, 2.24) is 15.8 Å². The fourth-order valence-electron chi connectivity index (χ4n) is 4.93. The van der Waals surface area contributed by atoms with E-state index in [0.717, 1.165) is 11.3 Å². The monoisotopic (exact) mass is 603 g/mol. The average Bonchev–Trinajstić information content (AvgIpc) is 3.40. The number of nitrogens with one attached hydrogen (secondary N) is 2. The summed E-state index contributed by atoms with van der Waals surface area (Å²) in [6.07, 6.45) is 0.609. The van der Waals surface area contributed by atoms with E-state index in [-0.39, 0.29) is 68.7 Å². The standard InChI is InChI=1S/C21H20Br2ClN3O6/c22-17-10-7-11(18(17)23)16-15(10)20(31)27(21(16)32)6-5-14(29)33-8-13(28)25-26-19(30)9-3-1-2-4-12(9)24/h1-4,10-11,15-18H,5-8H2,(H,25,28)(H,26,30)/t10-,11-,15-,16-,17-,18+/m1/s1. The number of halogens is 3. The van der Waals surface area contributed by atoms with E-state index >= 15 is 0 Å². The lowest BCUT2D eigenvalue weighted by molar-refractivity contribution is -0.150. The number of alkyl halides is 2. The predicted octanol–water partition coefficient (Wildman–Crippen LogP) is 1.81. The van der Waals surface area contributed by atoms with E-state index in [0.29, 0.717) is 0 Å². The van der Waals surface area contributed by atoms with Crippen molar-refractivity contribution in [3.63, 3.8) is 0 Å². The first-order chi connectivity index (χ1) is 15.7. The minimum atomic E-state index is -0.755. The van der Waals surface area contributed by atoms with E-state index in [4.69, 9.17) is 16.3 Å². The van der Waals surface area contributed by atoms with E-state index < -0.39 is 24.4 Å².